The van der Waals surface area contributed by atoms with E-state index in [0.29, 0.717) is 6.54 Å². The fourth-order valence-electron chi connectivity index (χ4n) is 1.81. The third-order valence-corrected chi connectivity index (χ3v) is 2.77. The molecule has 4 nitrogen and oxygen atoms in total. The highest BCUT2D eigenvalue weighted by Crippen LogP contribution is 2.11. The molecule has 98 valence electrons. The Labute approximate surface area is 112 Å². The molecule has 4 N–H and O–H groups in total. The van der Waals surface area contributed by atoms with E-state index in [-0.39, 0.29) is 12.1 Å². The monoisotopic (exact) mass is 255 g/mol. The van der Waals surface area contributed by atoms with E-state index in [1.165, 1.54) is 0 Å². The molecule has 0 aliphatic carbocycles. The van der Waals surface area contributed by atoms with Crippen LogP contribution in [0.4, 0.5) is 10.5 Å². The first-order valence-corrected chi connectivity index (χ1v) is 6.17. The van der Waals surface area contributed by atoms with Crippen LogP contribution in [-0.4, -0.2) is 12.6 Å². The molecule has 2 amide bonds. The van der Waals surface area contributed by atoms with E-state index >= 15 is 0 Å². The van der Waals surface area contributed by atoms with Gasteiger partial charge in [0.05, 0.1) is 6.04 Å². The lowest BCUT2D eigenvalue weighted by Gasteiger charge is -2.17. The zero-order chi connectivity index (χ0) is 13.5. The normalized spacial score (nSPS) is 11.6. The summed E-state index contributed by atoms with van der Waals surface area (Å²) < 4.78 is 0. The van der Waals surface area contributed by atoms with Gasteiger partial charge in [-0.15, -0.1) is 0 Å². The average Bonchev–Trinajstić information content (AvgIpc) is 2.47. The molecule has 0 aliphatic heterocycles. The number of nitrogens with one attached hydrogen (secondary N) is 2. The standard InChI is InChI=1S/C15H17N3O/c16-11-14(12-7-3-1-4-8-12)18-15(19)17-13-9-5-2-6-10-13/h1-10,14H,11,16H2,(H2,17,18,19). The maximum absolute atomic E-state index is 11.9. The number of benzene rings is 2. The maximum Gasteiger partial charge on any atom is 0.319 e. The topological polar surface area (TPSA) is 67.1 Å². The number of carbonyl (C=O) groups excluding carboxylic acids is 1. The molecule has 2 aromatic rings. The molecule has 0 aliphatic rings. The average molecular weight is 255 g/mol. The minimum absolute atomic E-state index is 0.190. The lowest BCUT2D eigenvalue weighted by atomic mass is 10.1. The van der Waals surface area contributed by atoms with E-state index in [0.717, 1.165) is 11.3 Å². The molecule has 4 heteroatoms. The van der Waals surface area contributed by atoms with Crippen LogP contribution in [0.25, 0.3) is 0 Å². The van der Waals surface area contributed by atoms with E-state index in [2.05, 4.69) is 10.6 Å². The van der Waals surface area contributed by atoms with Crippen molar-refractivity contribution in [1.29, 1.82) is 0 Å². The lowest BCUT2D eigenvalue weighted by Crippen LogP contribution is -2.36. The van der Waals surface area contributed by atoms with Crippen LogP contribution in [0.5, 0.6) is 0 Å². The molecular weight excluding hydrogens is 238 g/mol. The van der Waals surface area contributed by atoms with Crippen molar-refractivity contribution in [3.8, 4) is 0 Å². The summed E-state index contributed by atoms with van der Waals surface area (Å²) in [6.45, 7) is 0.353. The van der Waals surface area contributed by atoms with Gasteiger partial charge in [0.2, 0.25) is 0 Å². The molecule has 0 saturated heterocycles. The van der Waals surface area contributed by atoms with Gasteiger partial charge in [0, 0.05) is 12.2 Å². The predicted molar refractivity (Wildman–Crippen MR) is 76.8 cm³/mol. The highest BCUT2D eigenvalue weighted by atomic mass is 16.2. The molecule has 2 aromatic carbocycles. The van der Waals surface area contributed by atoms with Gasteiger partial charge >= 0.3 is 6.03 Å². The summed E-state index contributed by atoms with van der Waals surface area (Å²) in [5.41, 5.74) is 7.45. The van der Waals surface area contributed by atoms with Crippen LogP contribution in [0.1, 0.15) is 11.6 Å². The van der Waals surface area contributed by atoms with Gasteiger partial charge in [-0.2, -0.15) is 0 Å². The first-order valence-electron chi connectivity index (χ1n) is 6.17. The van der Waals surface area contributed by atoms with Crippen molar-refractivity contribution in [1.82, 2.24) is 5.32 Å². The molecule has 0 bridgehead atoms. The maximum atomic E-state index is 11.9. The van der Waals surface area contributed by atoms with Crippen LogP contribution >= 0.6 is 0 Å². The lowest BCUT2D eigenvalue weighted by molar-refractivity contribution is 0.249. The van der Waals surface area contributed by atoms with Crippen molar-refractivity contribution in [2.75, 3.05) is 11.9 Å². The first-order chi connectivity index (χ1) is 9.29. The molecule has 0 fully saturated rings. The third-order valence-electron chi connectivity index (χ3n) is 2.77. The number of para-hydroxylation sites is 1. The molecule has 1 atom stereocenters. The largest absolute Gasteiger partial charge is 0.330 e. The van der Waals surface area contributed by atoms with E-state index in [4.69, 9.17) is 5.73 Å². The van der Waals surface area contributed by atoms with E-state index in [1.807, 2.05) is 60.7 Å². The van der Waals surface area contributed by atoms with Crippen molar-refractivity contribution in [3.05, 3.63) is 66.2 Å². The van der Waals surface area contributed by atoms with E-state index in [9.17, 15) is 4.79 Å². The second-order valence-corrected chi connectivity index (χ2v) is 4.16. The van der Waals surface area contributed by atoms with Gasteiger partial charge in [-0.3, -0.25) is 0 Å². The quantitative estimate of drug-likeness (QED) is 0.785. The molecule has 0 aromatic heterocycles. The van der Waals surface area contributed by atoms with Crippen LogP contribution in [0.15, 0.2) is 60.7 Å². The first kappa shape index (κ1) is 13.1. The van der Waals surface area contributed by atoms with Crippen molar-refractivity contribution in [2.24, 2.45) is 5.73 Å². The zero-order valence-electron chi connectivity index (χ0n) is 10.5. The van der Waals surface area contributed by atoms with Gasteiger partial charge < -0.3 is 16.4 Å². The van der Waals surface area contributed by atoms with Crippen molar-refractivity contribution >= 4 is 11.7 Å². The third kappa shape index (κ3) is 3.82. The number of hydrogen-bond donors (Lipinski definition) is 3. The second kappa shape index (κ2) is 6.56. The number of nitrogens with two attached hydrogens (primary N) is 1. The fraction of sp³-hybridized carbons (Fsp3) is 0.133. The summed E-state index contributed by atoms with van der Waals surface area (Å²) in [5, 5.41) is 5.63. The highest BCUT2D eigenvalue weighted by molar-refractivity contribution is 5.89. The molecule has 0 radical (unpaired) electrons. The minimum Gasteiger partial charge on any atom is -0.330 e. The van der Waals surface area contributed by atoms with E-state index < -0.39 is 0 Å². The summed E-state index contributed by atoms with van der Waals surface area (Å²) in [5.74, 6) is 0. The van der Waals surface area contributed by atoms with Crippen molar-refractivity contribution in [2.45, 2.75) is 6.04 Å². The number of anilines is 1. The molecular formula is C15H17N3O. The second-order valence-electron chi connectivity index (χ2n) is 4.16. The summed E-state index contributed by atoms with van der Waals surface area (Å²) in [4.78, 5) is 11.9. The number of rotatable bonds is 4. The molecule has 0 heterocycles. The summed E-state index contributed by atoms with van der Waals surface area (Å²) >= 11 is 0. The Morgan fingerprint density at radius 1 is 1.00 bits per heavy atom. The van der Waals surface area contributed by atoms with Gasteiger partial charge in [-0.1, -0.05) is 48.5 Å². The van der Waals surface area contributed by atoms with Crippen LogP contribution < -0.4 is 16.4 Å². The Kier molecular flexibility index (Phi) is 4.53. The molecule has 0 saturated carbocycles. The summed E-state index contributed by atoms with van der Waals surface area (Å²) in [7, 11) is 0. The fourth-order valence-corrected chi connectivity index (χ4v) is 1.81. The summed E-state index contributed by atoms with van der Waals surface area (Å²) in [6, 6.07) is 18.5. The Hall–Kier alpha value is -2.33. The Balaban J connectivity index is 1.97. The van der Waals surface area contributed by atoms with E-state index in [1.54, 1.807) is 0 Å². The molecule has 1 unspecified atom stereocenters. The Morgan fingerprint density at radius 2 is 1.58 bits per heavy atom. The van der Waals surface area contributed by atoms with Gasteiger partial charge in [-0.05, 0) is 17.7 Å². The Morgan fingerprint density at radius 3 is 2.16 bits per heavy atom. The molecule has 2 rings (SSSR count). The number of hydrogen-bond acceptors (Lipinski definition) is 2. The van der Waals surface area contributed by atoms with Gasteiger partial charge in [0.15, 0.2) is 0 Å². The number of amides is 2. The molecule has 19 heavy (non-hydrogen) atoms. The van der Waals surface area contributed by atoms with Crippen LogP contribution in [-0.2, 0) is 0 Å². The van der Waals surface area contributed by atoms with Gasteiger partial charge in [-0.25, -0.2) is 4.79 Å². The van der Waals surface area contributed by atoms with Crippen molar-refractivity contribution in [3.63, 3.8) is 0 Å². The van der Waals surface area contributed by atoms with Crippen molar-refractivity contribution < 1.29 is 4.79 Å². The van der Waals surface area contributed by atoms with Gasteiger partial charge in [0.25, 0.3) is 0 Å². The number of carbonyl (C=O) groups is 1. The van der Waals surface area contributed by atoms with Gasteiger partial charge in [0.1, 0.15) is 0 Å². The zero-order valence-corrected chi connectivity index (χ0v) is 10.5. The Bertz CT molecular complexity index is 513. The van der Waals surface area contributed by atoms with Crippen LogP contribution in [0.2, 0.25) is 0 Å². The SMILES string of the molecule is NCC(NC(=O)Nc1ccccc1)c1ccccc1. The predicted octanol–water partition coefficient (Wildman–Crippen LogP) is 2.51. The number of urea groups is 1. The van der Waals surface area contributed by atoms with Crippen LogP contribution in [0.3, 0.4) is 0 Å². The minimum atomic E-state index is -0.259. The van der Waals surface area contributed by atoms with Crippen LogP contribution in [0, 0.1) is 0 Å². The molecule has 0 spiro atoms. The summed E-state index contributed by atoms with van der Waals surface area (Å²) in [6.07, 6.45) is 0. The highest BCUT2D eigenvalue weighted by Gasteiger charge is 2.12. The smallest absolute Gasteiger partial charge is 0.319 e.